The van der Waals surface area contributed by atoms with Crippen LogP contribution in [0.5, 0.6) is 17.2 Å². The highest BCUT2D eigenvalue weighted by molar-refractivity contribution is 5.40. The summed E-state index contributed by atoms with van der Waals surface area (Å²) in [5.74, 6) is 1.07. The largest absolute Gasteiger partial charge is 0.508 e. The van der Waals surface area contributed by atoms with Crippen LogP contribution in [0.15, 0.2) is 42.5 Å². The van der Waals surface area contributed by atoms with E-state index in [1.807, 2.05) is 18.2 Å². The Morgan fingerprint density at radius 2 is 1.24 bits per heavy atom. The third kappa shape index (κ3) is 4.15. The summed E-state index contributed by atoms with van der Waals surface area (Å²) in [6.07, 6.45) is 1.80. The summed E-state index contributed by atoms with van der Waals surface area (Å²) in [6.45, 7) is 4.40. The first kappa shape index (κ1) is 15.2. The zero-order valence-electron chi connectivity index (χ0n) is 12.5. The Kier molecular flexibility index (Phi) is 4.73. The SMILES string of the molecule is CC(Cc1ccc(O)cc1)C(C)Cc1ccc(O)c(O)c1. The van der Waals surface area contributed by atoms with Gasteiger partial charge in [0.1, 0.15) is 5.75 Å². The van der Waals surface area contributed by atoms with Crippen molar-refractivity contribution in [2.24, 2.45) is 11.8 Å². The molecule has 0 aliphatic carbocycles. The summed E-state index contributed by atoms with van der Waals surface area (Å²) in [4.78, 5) is 0. The molecule has 0 aliphatic heterocycles. The summed E-state index contributed by atoms with van der Waals surface area (Å²) in [5, 5.41) is 28.2. The van der Waals surface area contributed by atoms with Crippen LogP contribution in [-0.2, 0) is 12.8 Å². The van der Waals surface area contributed by atoms with E-state index in [9.17, 15) is 15.3 Å². The van der Waals surface area contributed by atoms with Gasteiger partial charge in [-0.05, 0) is 60.1 Å². The van der Waals surface area contributed by atoms with Gasteiger partial charge in [0.15, 0.2) is 11.5 Å². The van der Waals surface area contributed by atoms with Gasteiger partial charge in [-0.3, -0.25) is 0 Å². The van der Waals surface area contributed by atoms with Gasteiger partial charge in [0.25, 0.3) is 0 Å². The van der Waals surface area contributed by atoms with Gasteiger partial charge in [-0.2, -0.15) is 0 Å². The molecule has 21 heavy (non-hydrogen) atoms. The molecule has 0 radical (unpaired) electrons. The summed E-state index contributed by atoms with van der Waals surface area (Å²) in [7, 11) is 0. The molecule has 0 aromatic heterocycles. The Bertz CT molecular complexity index is 590. The molecular weight excluding hydrogens is 264 g/mol. The van der Waals surface area contributed by atoms with Gasteiger partial charge in [-0.15, -0.1) is 0 Å². The van der Waals surface area contributed by atoms with E-state index in [1.54, 1.807) is 18.2 Å². The van der Waals surface area contributed by atoms with Crippen LogP contribution in [0.4, 0.5) is 0 Å². The molecule has 0 saturated heterocycles. The van der Waals surface area contributed by atoms with Gasteiger partial charge >= 0.3 is 0 Å². The van der Waals surface area contributed by atoms with Crippen molar-refractivity contribution in [1.29, 1.82) is 0 Å². The average molecular weight is 286 g/mol. The lowest BCUT2D eigenvalue weighted by atomic mass is 9.85. The molecule has 2 rings (SSSR count). The molecule has 0 saturated carbocycles. The summed E-state index contributed by atoms with van der Waals surface area (Å²) in [6, 6.07) is 12.3. The summed E-state index contributed by atoms with van der Waals surface area (Å²) >= 11 is 0. The lowest BCUT2D eigenvalue weighted by Crippen LogP contribution is -2.13. The van der Waals surface area contributed by atoms with Crippen molar-refractivity contribution in [2.75, 3.05) is 0 Å². The average Bonchev–Trinajstić information content (AvgIpc) is 2.45. The van der Waals surface area contributed by atoms with E-state index in [2.05, 4.69) is 13.8 Å². The third-order valence-electron chi connectivity index (χ3n) is 4.06. The van der Waals surface area contributed by atoms with Crippen molar-refractivity contribution in [3.63, 3.8) is 0 Å². The Balaban J connectivity index is 1.97. The molecule has 3 heteroatoms. The number of rotatable bonds is 5. The van der Waals surface area contributed by atoms with Gasteiger partial charge in [0, 0.05) is 0 Å². The third-order valence-corrected chi connectivity index (χ3v) is 4.06. The Labute approximate surface area is 125 Å². The predicted octanol–water partition coefficient (Wildman–Crippen LogP) is 3.86. The zero-order valence-corrected chi connectivity index (χ0v) is 12.5. The molecule has 112 valence electrons. The highest BCUT2D eigenvalue weighted by atomic mass is 16.3. The van der Waals surface area contributed by atoms with Gasteiger partial charge < -0.3 is 15.3 Å². The molecule has 0 aliphatic rings. The molecule has 2 aromatic carbocycles. The van der Waals surface area contributed by atoms with Crippen LogP contribution in [0.25, 0.3) is 0 Å². The Morgan fingerprint density at radius 1 is 0.714 bits per heavy atom. The second kappa shape index (κ2) is 6.53. The summed E-state index contributed by atoms with van der Waals surface area (Å²) < 4.78 is 0. The van der Waals surface area contributed by atoms with Crippen LogP contribution < -0.4 is 0 Å². The first-order valence-electron chi connectivity index (χ1n) is 7.24. The molecule has 2 aromatic rings. The number of phenols is 3. The van der Waals surface area contributed by atoms with Crippen LogP contribution in [0.1, 0.15) is 25.0 Å². The van der Waals surface area contributed by atoms with E-state index in [4.69, 9.17) is 0 Å². The smallest absolute Gasteiger partial charge is 0.157 e. The van der Waals surface area contributed by atoms with Gasteiger partial charge in [-0.25, -0.2) is 0 Å². The monoisotopic (exact) mass is 286 g/mol. The number of hydrogen-bond acceptors (Lipinski definition) is 3. The minimum absolute atomic E-state index is 0.0640. The topological polar surface area (TPSA) is 60.7 Å². The van der Waals surface area contributed by atoms with Crippen LogP contribution in [-0.4, -0.2) is 15.3 Å². The van der Waals surface area contributed by atoms with E-state index in [1.165, 1.54) is 11.6 Å². The van der Waals surface area contributed by atoms with Crippen LogP contribution in [0.2, 0.25) is 0 Å². The molecule has 0 spiro atoms. The molecule has 0 heterocycles. The van der Waals surface area contributed by atoms with E-state index in [-0.39, 0.29) is 11.5 Å². The maximum absolute atomic E-state index is 9.54. The van der Waals surface area contributed by atoms with E-state index in [0.717, 1.165) is 18.4 Å². The first-order valence-corrected chi connectivity index (χ1v) is 7.24. The van der Waals surface area contributed by atoms with Crippen molar-refractivity contribution in [1.82, 2.24) is 0 Å². The maximum Gasteiger partial charge on any atom is 0.157 e. The first-order chi connectivity index (χ1) is 9.95. The van der Waals surface area contributed by atoms with Crippen molar-refractivity contribution in [3.05, 3.63) is 53.6 Å². The molecule has 0 bridgehead atoms. The number of benzene rings is 2. The number of aromatic hydroxyl groups is 3. The molecule has 0 fully saturated rings. The molecule has 2 atom stereocenters. The fourth-order valence-electron chi connectivity index (χ4n) is 2.47. The lowest BCUT2D eigenvalue weighted by molar-refractivity contribution is 0.379. The molecule has 2 unspecified atom stereocenters. The summed E-state index contributed by atoms with van der Waals surface area (Å²) in [5.41, 5.74) is 2.23. The maximum atomic E-state index is 9.54. The lowest BCUT2D eigenvalue weighted by Gasteiger charge is -2.20. The number of phenolic OH excluding ortho intramolecular Hbond substituents is 3. The molecule has 0 amide bonds. The minimum atomic E-state index is -0.0801. The predicted molar refractivity (Wildman–Crippen MR) is 83.6 cm³/mol. The van der Waals surface area contributed by atoms with E-state index in [0.29, 0.717) is 17.6 Å². The van der Waals surface area contributed by atoms with Crippen LogP contribution in [0.3, 0.4) is 0 Å². The fourth-order valence-corrected chi connectivity index (χ4v) is 2.47. The minimum Gasteiger partial charge on any atom is -0.508 e. The van der Waals surface area contributed by atoms with Gasteiger partial charge in [0.2, 0.25) is 0 Å². The van der Waals surface area contributed by atoms with Crippen LogP contribution in [0, 0.1) is 11.8 Å². The highest BCUT2D eigenvalue weighted by Crippen LogP contribution is 2.28. The van der Waals surface area contributed by atoms with Gasteiger partial charge in [-0.1, -0.05) is 32.0 Å². The standard InChI is InChI=1S/C18H22O3/c1-12(9-14-3-6-16(19)7-4-14)13(2)10-15-5-8-17(20)18(21)11-15/h3-8,11-13,19-21H,9-10H2,1-2H3. The molecular formula is C18H22O3. The second-order valence-electron chi connectivity index (χ2n) is 5.85. The Hall–Kier alpha value is -2.16. The van der Waals surface area contributed by atoms with E-state index < -0.39 is 0 Å². The van der Waals surface area contributed by atoms with Gasteiger partial charge in [0.05, 0.1) is 0 Å². The quantitative estimate of drug-likeness (QED) is 0.731. The van der Waals surface area contributed by atoms with Crippen molar-refractivity contribution in [3.8, 4) is 17.2 Å². The molecule has 3 nitrogen and oxygen atoms in total. The zero-order chi connectivity index (χ0) is 15.4. The van der Waals surface area contributed by atoms with Crippen LogP contribution >= 0.6 is 0 Å². The van der Waals surface area contributed by atoms with Crippen molar-refractivity contribution in [2.45, 2.75) is 26.7 Å². The Morgan fingerprint density at radius 3 is 1.81 bits per heavy atom. The van der Waals surface area contributed by atoms with E-state index >= 15 is 0 Å². The fraction of sp³-hybridized carbons (Fsp3) is 0.333. The number of hydrogen-bond donors (Lipinski definition) is 3. The normalized spacial score (nSPS) is 13.8. The molecule has 3 N–H and O–H groups in total. The van der Waals surface area contributed by atoms with Crippen molar-refractivity contribution >= 4 is 0 Å². The highest BCUT2D eigenvalue weighted by Gasteiger charge is 2.14. The second-order valence-corrected chi connectivity index (χ2v) is 5.85. The van der Waals surface area contributed by atoms with Crippen molar-refractivity contribution < 1.29 is 15.3 Å².